The largest absolute Gasteiger partial charge is 0.342 e. The summed E-state index contributed by atoms with van der Waals surface area (Å²) in [5.74, 6) is 0. The first-order valence-corrected chi connectivity index (χ1v) is 5.49. The summed E-state index contributed by atoms with van der Waals surface area (Å²) in [6, 6.07) is 0. The molecule has 0 aliphatic carbocycles. The van der Waals surface area contributed by atoms with Gasteiger partial charge in [-0.1, -0.05) is 13.3 Å². The SMILES string of the molecule is CCCCCn1cc[n+](COCC)c1. The van der Waals surface area contributed by atoms with E-state index in [2.05, 4.69) is 34.8 Å². The van der Waals surface area contributed by atoms with E-state index >= 15 is 0 Å². The maximum atomic E-state index is 5.31. The Morgan fingerprint density at radius 3 is 2.86 bits per heavy atom. The second kappa shape index (κ2) is 6.60. The Morgan fingerprint density at radius 2 is 2.14 bits per heavy atom. The molecule has 0 amide bonds. The first-order chi connectivity index (χ1) is 6.86. The van der Waals surface area contributed by atoms with Crippen molar-refractivity contribution in [2.75, 3.05) is 6.61 Å². The van der Waals surface area contributed by atoms with Crippen LogP contribution in [0.3, 0.4) is 0 Å². The van der Waals surface area contributed by atoms with Gasteiger partial charge in [-0.05, 0) is 19.8 Å². The second-order valence-electron chi connectivity index (χ2n) is 3.49. The van der Waals surface area contributed by atoms with E-state index in [-0.39, 0.29) is 0 Å². The number of aromatic nitrogens is 2. The van der Waals surface area contributed by atoms with Crippen molar-refractivity contribution in [3.05, 3.63) is 18.7 Å². The van der Waals surface area contributed by atoms with Gasteiger partial charge >= 0.3 is 0 Å². The zero-order valence-electron chi connectivity index (χ0n) is 9.28. The number of ether oxygens (including phenoxy) is 1. The van der Waals surface area contributed by atoms with Gasteiger partial charge in [-0.2, -0.15) is 0 Å². The number of imidazole rings is 1. The highest BCUT2D eigenvalue weighted by molar-refractivity contribution is 4.65. The monoisotopic (exact) mass is 197 g/mol. The van der Waals surface area contributed by atoms with Crippen molar-refractivity contribution in [3.8, 4) is 0 Å². The van der Waals surface area contributed by atoms with Gasteiger partial charge in [0.25, 0.3) is 0 Å². The molecule has 1 aromatic heterocycles. The summed E-state index contributed by atoms with van der Waals surface area (Å²) in [4.78, 5) is 0. The van der Waals surface area contributed by atoms with Crippen molar-refractivity contribution >= 4 is 0 Å². The van der Waals surface area contributed by atoms with Crippen LogP contribution in [0.5, 0.6) is 0 Å². The minimum Gasteiger partial charge on any atom is -0.342 e. The lowest BCUT2D eigenvalue weighted by Crippen LogP contribution is -2.32. The molecule has 3 heteroatoms. The van der Waals surface area contributed by atoms with E-state index in [1.165, 1.54) is 19.3 Å². The third kappa shape index (κ3) is 3.92. The fourth-order valence-corrected chi connectivity index (χ4v) is 1.39. The molecule has 0 radical (unpaired) electrons. The summed E-state index contributed by atoms with van der Waals surface area (Å²) in [6.45, 7) is 6.79. The summed E-state index contributed by atoms with van der Waals surface area (Å²) in [6.07, 6.45) is 10.1. The smallest absolute Gasteiger partial charge is 0.245 e. The van der Waals surface area contributed by atoms with Crippen LogP contribution in [-0.2, 0) is 18.0 Å². The Morgan fingerprint density at radius 1 is 1.29 bits per heavy atom. The van der Waals surface area contributed by atoms with Crippen LogP contribution < -0.4 is 4.57 Å². The number of rotatable bonds is 7. The Hall–Kier alpha value is -0.830. The molecule has 1 rings (SSSR count). The quantitative estimate of drug-likeness (QED) is 0.482. The molecule has 0 aliphatic heterocycles. The van der Waals surface area contributed by atoms with Gasteiger partial charge in [0.2, 0.25) is 6.33 Å². The molecule has 0 atom stereocenters. The van der Waals surface area contributed by atoms with Crippen LogP contribution in [0.2, 0.25) is 0 Å². The number of nitrogens with zero attached hydrogens (tertiary/aromatic N) is 2. The molecular weight excluding hydrogens is 176 g/mol. The van der Waals surface area contributed by atoms with E-state index in [0.29, 0.717) is 6.73 Å². The summed E-state index contributed by atoms with van der Waals surface area (Å²) >= 11 is 0. The van der Waals surface area contributed by atoms with E-state index in [1.807, 2.05) is 6.92 Å². The number of hydrogen-bond donors (Lipinski definition) is 0. The van der Waals surface area contributed by atoms with Crippen molar-refractivity contribution in [2.45, 2.75) is 46.4 Å². The van der Waals surface area contributed by atoms with Gasteiger partial charge < -0.3 is 4.74 Å². The number of hydrogen-bond acceptors (Lipinski definition) is 1. The van der Waals surface area contributed by atoms with Gasteiger partial charge in [-0.3, -0.25) is 0 Å². The summed E-state index contributed by atoms with van der Waals surface area (Å²) in [7, 11) is 0. The molecule has 0 unspecified atom stereocenters. The van der Waals surface area contributed by atoms with Gasteiger partial charge in [0.05, 0.1) is 6.54 Å². The fraction of sp³-hybridized carbons (Fsp3) is 0.727. The van der Waals surface area contributed by atoms with Crippen molar-refractivity contribution in [2.24, 2.45) is 0 Å². The molecular formula is C11H21N2O+. The summed E-state index contributed by atoms with van der Waals surface area (Å²) in [5, 5.41) is 0. The molecule has 0 aliphatic rings. The molecule has 0 aromatic carbocycles. The van der Waals surface area contributed by atoms with E-state index < -0.39 is 0 Å². The Bertz CT molecular complexity index is 245. The van der Waals surface area contributed by atoms with Gasteiger partial charge in [0.15, 0.2) is 6.73 Å². The van der Waals surface area contributed by atoms with Crippen LogP contribution in [0.1, 0.15) is 33.1 Å². The molecule has 0 fully saturated rings. The van der Waals surface area contributed by atoms with Crippen LogP contribution in [0.15, 0.2) is 18.7 Å². The van der Waals surface area contributed by atoms with Gasteiger partial charge in [0.1, 0.15) is 12.4 Å². The highest BCUT2D eigenvalue weighted by Crippen LogP contribution is 1.97. The molecule has 1 heterocycles. The highest BCUT2D eigenvalue weighted by Gasteiger charge is 2.01. The third-order valence-corrected chi connectivity index (χ3v) is 2.21. The predicted octanol–water partition coefficient (Wildman–Crippen LogP) is 1.96. The first-order valence-electron chi connectivity index (χ1n) is 5.49. The first kappa shape index (κ1) is 11.2. The molecule has 14 heavy (non-hydrogen) atoms. The molecule has 0 bridgehead atoms. The van der Waals surface area contributed by atoms with Crippen LogP contribution in [0.4, 0.5) is 0 Å². The molecule has 0 saturated heterocycles. The number of unbranched alkanes of at least 4 members (excludes halogenated alkanes) is 2. The zero-order valence-corrected chi connectivity index (χ0v) is 9.28. The standard InChI is InChI=1S/C11H21N2O/c1-3-5-6-7-12-8-9-13(10-12)11-14-4-2/h8-10H,3-7,11H2,1-2H3/q+1. The molecule has 80 valence electrons. The maximum absolute atomic E-state index is 5.31. The van der Waals surface area contributed by atoms with Gasteiger partial charge in [0, 0.05) is 6.61 Å². The third-order valence-electron chi connectivity index (χ3n) is 2.21. The average Bonchev–Trinajstić information content (AvgIpc) is 2.63. The summed E-state index contributed by atoms with van der Waals surface area (Å²) < 4.78 is 9.59. The van der Waals surface area contributed by atoms with Crippen molar-refractivity contribution in [1.29, 1.82) is 0 Å². The lowest BCUT2D eigenvalue weighted by atomic mass is 10.2. The van der Waals surface area contributed by atoms with Gasteiger partial charge in [-0.25, -0.2) is 9.13 Å². The fourth-order valence-electron chi connectivity index (χ4n) is 1.39. The van der Waals surface area contributed by atoms with Crippen LogP contribution in [0.25, 0.3) is 0 Å². The van der Waals surface area contributed by atoms with Crippen LogP contribution in [0, 0.1) is 0 Å². The predicted molar refractivity (Wildman–Crippen MR) is 55.8 cm³/mol. The van der Waals surface area contributed by atoms with E-state index in [1.54, 1.807) is 0 Å². The minimum absolute atomic E-state index is 0.664. The summed E-state index contributed by atoms with van der Waals surface area (Å²) in [5.41, 5.74) is 0. The lowest BCUT2D eigenvalue weighted by Gasteiger charge is -1.96. The zero-order chi connectivity index (χ0) is 10.2. The van der Waals surface area contributed by atoms with Crippen molar-refractivity contribution in [1.82, 2.24) is 4.57 Å². The average molecular weight is 197 g/mol. The van der Waals surface area contributed by atoms with E-state index in [4.69, 9.17) is 4.74 Å². The topological polar surface area (TPSA) is 18.0 Å². The number of aryl methyl sites for hydroxylation is 1. The molecule has 1 aromatic rings. The molecule has 0 spiro atoms. The van der Waals surface area contributed by atoms with Crippen LogP contribution >= 0.6 is 0 Å². The van der Waals surface area contributed by atoms with E-state index in [9.17, 15) is 0 Å². The molecule has 3 nitrogen and oxygen atoms in total. The Labute approximate surface area is 86.3 Å². The lowest BCUT2D eigenvalue weighted by molar-refractivity contribution is -0.732. The minimum atomic E-state index is 0.664. The Kier molecular flexibility index (Phi) is 5.30. The molecule has 0 saturated carbocycles. The normalized spacial score (nSPS) is 10.7. The van der Waals surface area contributed by atoms with Crippen LogP contribution in [-0.4, -0.2) is 11.2 Å². The van der Waals surface area contributed by atoms with Crippen molar-refractivity contribution < 1.29 is 9.30 Å². The molecule has 0 N–H and O–H groups in total. The van der Waals surface area contributed by atoms with E-state index in [0.717, 1.165) is 13.2 Å². The highest BCUT2D eigenvalue weighted by atomic mass is 16.5. The van der Waals surface area contributed by atoms with Crippen molar-refractivity contribution in [3.63, 3.8) is 0 Å². The second-order valence-corrected chi connectivity index (χ2v) is 3.49. The maximum Gasteiger partial charge on any atom is 0.245 e. The van der Waals surface area contributed by atoms with Gasteiger partial charge in [-0.15, -0.1) is 0 Å². The Balaban J connectivity index is 2.27.